The zero-order chi connectivity index (χ0) is 18.3. The molecule has 0 bridgehead atoms. The van der Waals surface area contributed by atoms with Gasteiger partial charge in [0.1, 0.15) is 4.90 Å². The molecule has 0 amide bonds. The summed E-state index contributed by atoms with van der Waals surface area (Å²) in [5.74, 6) is 0.336. The second kappa shape index (κ2) is 6.84. The van der Waals surface area contributed by atoms with E-state index in [0.29, 0.717) is 11.3 Å². The zero-order valence-electron chi connectivity index (χ0n) is 14.0. The molecule has 1 heterocycles. The van der Waals surface area contributed by atoms with E-state index in [9.17, 15) is 13.5 Å². The van der Waals surface area contributed by atoms with Crippen LogP contribution in [0.2, 0.25) is 5.02 Å². The van der Waals surface area contributed by atoms with Crippen LogP contribution in [0.15, 0.2) is 28.1 Å². The predicted octanol–water partition coefficient (Wildman–Crippen LogP) is 2.35. The highest BCUT2D eigenvalue weighted by molar-refractivity contribution is 8.14. The van der Waals surface area contributed by atoms with Crippen molar-refractivity contribution in [3.05, 3.63) is 28.8 Å². The number of hydrogen-bond acceptors (Lipinski definition) is 5. The van der Waals surface area contributed by atoms with Crippen molar-refractivity contribution in [2.45, 2.75) is 50.4 Å². The van der Waals surface area contributed by atoms with Crippen molar-refractivity contribution in [2.24, 2.45) is 10.1 Å². The molecule has 2 rings (SSSR count). The molecule has 3 N–H and O–H groups in total. The van der Waals surface area contributed by atoms with Crippen molar-refractivity contribution < 1.29 is 13.5 Å². The fourth-order valence-electron chi connectivity index (χ4n) is 2.62. The molecule has 1 saturated heterocycles. The molecule has 0 radical (unpaired) electrons. The SMILES string of the molecule is CC(C)N=C1SCC(O)(c2ccc(Cl)c(S(N)(=O)=O)c2)N1C(C)C. The highest BCUT2D eigenvalue weighted by Gasteiger charge is 2.46. The topological polar surface area (TPSA) is 96.0 Å². The Morgan fingerprint density at radius 3 is 2.50 bits per heavy atom. The van der Waals surface area contributed by atoms with Gasteiger partial charge >= 0.3 is 0 Å². The van der Waals surface area contributed by atoms with Gasteiger partial charge in [0, 0.05) is 17.6 Å². The Labute approximate surface area is 152 Å². The Bertz CT molecular complexity index is 765. The lowest BCUT2D eigenvalue weighted by molar-refractivity contribution is -0.0618. The van der Waals surface area contributed by atoms with Crippen LogP contribution in [-0.2, 0) is 15.7 Å². The normalized spacial score (nSPS) is 23.7. The molecule has 1 aromatic rings. The monoisotopic (exact) mass is 391 g/mol. The summed E-state index contributed by atoms with van der Waals surface area (Å²) in [7, 11) is -3.98. The van der Waals surface area contributed by atoms with Gasteiger partial charge in [-0.05, 0) is 39.8 Å². The Kier molecular flexibility index (Phi) is 5.56. The van der Waals surface area contributed by atoms with Gasteiger partial charge in [-0.15, -0.1) is 0 Å². The minimum absolute atomic E-state index is 0.0302. The molecule has 0 saturated carbocycles. The first-order valence-electron chi connectivity index (χ1n) is 7.52. The first kappa shape index (κ1) is 19.5. The molecule has 134 valence electrons. The lowest BCUT2D eigenvalue weighted by Gasteiger charge is -2.38. The number of benzene rings is 1. The third-order valence-corrected chi connectivity index (χ3v) is 6.09. The number of amidine groups is 1. The molecule has 1 aliphatic heterocycles. The van der Waals surface area contributed by atoms with E-state index >= 15 is 0 Å². The van der Waals surface area contributed by atoms with Crippen molar-refractivity contribution in [2.75, 3.05) is 5.75 Å². The molecular formula is C15H22ClN3O3S2. The van der Waals surface area contributed by atoms with Gasteiger partial charge < -0.3 is 10.0 Å². The van der Waals surface area contributed by atoms with Crippen LogP contribution in [0.4, 0.5) is 0 Å². The quantitative estimate of drug-likeness (QED) is 0.821. The van der Waals surface area contributed by atoms with Crippen molar-refractivity contribution in [3.8, 4) is 0 Å². The van der Waals surface area contributed by atoms with Gasteiger partial charge in [0.05, 0.1) is 10.8 Å². The highest BCUT2D eigenvalue weighted by atomic mass is 35.5. The molecule has 6 nitrogen and oxygen atoms in total. The summed E-state index contributed by atoms with van der Waals surface area (Å²) in [6.45, 7) is 7.82. The standard InChI is InChI=1S/C15H22ClN3O3S2/c1-9(2)18-14-19(10(3)4)15(20,8-23-14)11-5-6-12(16)13(7-11)24(17,21)22/h5-7,9-10,20H,8H2,1-4H3,(H2,17,21,22). The van der Waals surface area contributed by atoms with E-state index in [0.717, 1.165) is 5.17 Å². The molecule has 24 heavy (non-hydrogen) atoms. The summed E-state index contributed by atoms with van der Waals surface area (Å²) in [6.07, 6.45) is 0. The molecule has 1 unspecified atom stereocenters. The average molecular weight is 392 g/mol. The summed E-state index contributed by atoms with van der Waals surface area (Å²) in [4.78, 5) is 6.17. The largest absolute Gasteiger partial charge is 0.366 e. The predicted molar refractivity (Wildman–Crippen MR) is 98.7 cm³/mol. The lowest BCUT2D eigenvalue weighted by Crippen LogP contribution is -2.48. The number of rotatable bonds is 4. The summed E-state index contributed by atoms with van der Waals surface area (Å²) in [6, 6.07) is 4.45. The zero-order valence-corrected chi connectivity index (χ0v) is 16.4. The molecule has 1 aliphatic rings. The van der Waals surface area contributed by atoms with Crippen LogP contribution in [0.1, 0.15) is 33.3 Å². The summed E-state index contributed by atoms with van der Waals surface area (Å²) < 4.78 is 23.4. The minimum atomic E-state index is -3.98. The first-order chi connectivity index (χ1) is 11.0. The van der Waals surface area contributed by atoms with Gasteiger partial charge in [0.2, 0.25) is 10.0 Å². The summed E-state index contributed by atoms with van der Waals surface area (Å²) in [5, 5.41) is 17.3. The van der Waals surface area contributed by atoms with Crippen molar-refractivity contribution in [1.29, 1.82) is 0 Å². The number of halogens is 1. The van der Waals surface area contributed by atoms with Gasteiger partial charge in [-0.2, -0.15) is 0 Å². The minimum Gasteiger partial charge on any atom is -0.366 e. The van der Waals surface area contributed by atoms with E-state index in [1.165, 1.54) is 23.9 Å². The Balaban J connectivity index is 2.58. The van der Waals surface area contributed by atoms with E-state index in [2.05, 4.69) is 4.99 Å². The van der Waals surface area contributed by atoms with E-state index in [4.69, 9.17) is 16.7 Å². The van der Waals surface area contributed by atoms with Crippen molar-refractivity contribution in [1.82, 2.24) is 4.90 Å². The van der Waals surface area contributed by atoms with Crippen molar-refractivity contribution >= 4 is 38.6 Å². The molecule has 1 atom stereocenters. The van der Waals surface area contributed by atoms with Gasteiger partial charge in [-0.3, -0.25) is 4.99 Å². The van der Waals surface area contributed by atoms with Crippen LogP contribution < -0.4 is 5.14 Å². The number of primary sulfonamides is 1. The molecule has 0 aromatic heterocycles. The maximum Gasteiger partial charge on any atom is 0.239 e. The molecular weight excluding hydrogens is 370 g/mol. The second-order valence-electron chi connectivity index (χ2n) is 6.26. The lowest BCUT2D eigenvalue weighted by atomic mass is 10.0. The van der Waals surface area contributed by atoms with Gasteiger partial charge in [0.25, 0.3) is 0 Å². The number of aliphatic hydroxyl groups is 1. The first-order valence-corrected chi connectivity index (χ1v) is 10.4. The van der Waals surface area contributed by atoms with Crippen LogP contribution in [0.5, 0.6) is 0 Å². The van der Waals surface area contributed by atoms with E-state index in [1.807, 2.05) is 27.7 Å². The van der Waals surface area contributed by atoms with E-state index < -0.39 is 15.7 Å². The number of nitrogens with zero attached hydrogens (tertiary/aromatic N) is 2. The van der Waals surface area contributed by atoms with Gasteiger partial charge in [0.15, 0.2) is 10.9 Å². The smallest absolute Gasteiger partial charge is 0.239 e. The Morgan fingerprint density at radius 1 is 1.38 bits per heavy atom. The highest BCUT2D eigenvalue weighted by Crippen LogP contribution is 2.41. The fourth-order valence-corrected chi connectivity index (χ4v) is 5.12. The third kappa shape index (κ3) is 3.72. The second-order valence-corrected chi connectivity index (χ2v) is 9.14. The molecule has 0 aliphatic carbocycles. The maximum atomic E-state index is 11.7. The fraction of sp³-hybridized carbons (Fsp3) is 0.533. The van der Waals surface area contributed by atoms with Gasteiger partial charge in [-0.25, -0.2) is 13.6 Å². The van der Waals surface area contributed by atoms with Gasteiger partial charge in [-0.1, -0.05) is 29.4 Å². The number of thioether (sulfide) groups is 1. The number of sulfonamides is 1. The van der Waals surface area contributed by atoms with Crippen LogP contribution in [0.3, 0.4) is 0 Å². The van der Waals surface area contributed by atoms with Crippen molar-refractivity contribution in [3.63, 3.8) is 0 Å². The van der Waals surface area contributed by atoms with Crippen LogP contribution in [-0.4, -0.2) is 41.4 Å². The number of aliphatic imine (C=N–C) groups is 1. The summed E-state index contributed by atoms with van der Waals surface area (Å²) in [5.41, 5.74) is -0.956. The third-order valence-electron chi connectivity index (χ3n) is 3.59. The number of nitrogens with two attached hydrogens (primary N) is 1. The molecule has 1 fully saturated rings. The van der Waals surface area contributed by atoms with Crippen LogP contribution in [0.25, 0.3) is 0 Å². The molecule has 9 heteroatoms. The molecule has 0 spiro atoms. The Hall–Kier alpha value is -0.800. The summed E-state index contributed by atoms with van der Waals surface area (Å²) >= 11 is 7.38. The van der Waals surface area contributed by atoms with E-state index in [1.54, 1.807) is 11.0 Å². The number of hydrogen-bond donors (Lipinski definition) is 2. The Morgan fingerprint density at radius 2 is 2.00 bits per heavy atom. The van der Waals surface area contributed by atoms with E-state index in [-0.39, 0.29) is 22.0 Å². The maximum absolute atomic E-state index is 11.7. The van der Waals surface area contributed by atoms with Crippen LogP contribution in [0, 0.1) is 0 Å². The molecule has 1 aromatic carbocycles. The van der Waals surface area contributed by atoms with Crippen LogP contribution >= 0.6 is 23.4 Å². The average Bonchev–Trinajstić information content (AvgIpc) is 2.75.